The Morgan fingerprint density at radius 2 is 2.09 bits per heavy atom. The maximum absolute atomic E-state index is 12.4. The quantitative estimate of drug-likeness (QED) is 0.469. The second-order valence-electron chi connectivity index (χ2n) is 5.00. The van der Waals surface area contributed by atoms with E-state index in [9.17, 15) is 4.79 Å². The molecule has 23 heavy (non-hydrogen) atoms. The molecule has 3 rings (SSSR count). The summed E-state index contributed by atoms with van der Waals surface area (Å²) in [5.41, 5.74) is 4.21. The molecular weight excluding hydrogens is 348 g/mol. The first-order valence-corrected chi connectivity index (χ1v) is 9.35. The first kappa shape index (κ1) is 16.2. The molecule has 1 aromatic carbocycles. The second-order valence-corrected chi connectivity index (χ2v) is 7.63. The van der Waals surface area contributed by atoms with Gasteiger partial charge >= 0.3 is 0 Å². The number of carbonyl (C=O) groups is 1. The summed E-state index contributed by atoms with van der Waals surface area (Å²) in [6, 6.07) is 11.7. The third-order valence-corrected chi connectivity index (χ3v) is 5.61. The molecule has 3 aromatic rings. The van der Waals surface area contributed by atoms with Crippen LogP contribution in [0.15, 0.2) is 46.9 Å². The molecule has 0 aliphatic carbocycles. The Morgan fingerprint density at radius 1 is 1.26 bits per heavy atom. The van der Waals surface area contributed by atoms with Gasteiger partial charge in [0.25, 0.3) is 5.91 Å². The molecule has 0 radical (unpaired) electrons. The van der Waals surface area contributed by atoms with Crippen molar-refractivity contribution < 1.29 is 4.79 Å². The molecule has 0 fully saturated rings. The fourth-order valence-electron chi connectivity index (χ4n) is 2.27. The van der Waals surface area contributed by atoms with Crippen LogP contribution in [0.5, 0.6) is 0 Å². The Balaban J connectivity index is 1.83. The summed E-state index contributed by atoms with van der Waals surface area (Å²) in [6.07, 6.45) is 1.74. The molecule has 2 aromatic heterocycles. The van der Waals surface area contributed by atoms with E-state index in [4.69, 9.17) is 11.6 Å². The van der Waals surface area contributed by atoms with E-state index in [0.717, 1.165) is 37.9 Å². The zero-order valence-electron chi connectivity index (χ0n) is 12.5. The highest BCUT2D eigenvalue weighted by Gasteiger charge is 2.12. The smallest absolute Gasteiger partial charge is 0.267 e. The van der Waals surface area contributed by atoms with Crippen LogP contribution in [0.4, 0.5) is 0 Å². The predicted molar refractivity (Wildman–Crippen MR) is 100 cm³/mol. The highest BCUT2D eigenvalue weighted by Crippen LogP contribution is 2.26. The number of benzene rings is 1. The van der Waals surface area contributed by atoms with Gasteiger partial charge in [-0.05, 0) is 24.6 Å². The summed E-state index contributed by atoms with van der Waals surface area (Å²) in [6.45, 7) is 2.08. The number of nitrogens with one attached hydrogen (secondary N) is 1. The number of hydrogen-bond donors (Lipinski definition) is 1. The van der Waals surface area contributed by atoms with E-state index < -0.39 is 0 Å². The lowest BCUT2D eigenvalue weighted by Gasteiger charge is -2.04. The van der Waals surface area contributed by atoms with Crippen LogP contribution in [0.3, 0.4) is 0 Å². The molecule has 3 nitrogen and oxygen atoms in total. The number of carbonyl (C=O) groups excluding carboxylic acids is 1. The van der Waals surface area contributed by atoms with E-state index in [1.165, 1.54) is 11.3 Å². The van der Waals surface area contributed by atoms with Gasteiger partial charge in [-0.1, -0.05) is 43.1 Å². The van der Waals surface area contributed by atoms with E-state index in [0.29, 0.717) is 5.56 Å². The molecule has 0 saturated carbocycles. The lowest BCUT2D eigenvalue weighted by atomic mass is 10.2. The molecule has 0 saturated heterocycles. The topological polar surface area (TPSA) is 41.5 Å². The van der Waals surface area contributed by atoms with Crippen molar-refractivity contribution in [3.8, 4) is 0 Å². The molecular formula is C17H15ClN2OS2. The largest absolute Gasteiger partial charge is 0.272 e. The fourth-order valence-corrected chi connectivity index (χ4v) is 4.27. The summed E-state index contributed by atoms with van der Waals surface area (Å²) >= 11 is 9.03. The number of fused-ring (bicyclic) bond motifs is 1. The van der Waals surface area contributed by atoms with E-state index in [1.807, 2.05) is 41.8 Å². The van der Waals surface area contributed by atoms with Crippen LogP contribution in [0.25, 0.3) is 10.1 Å². The highest BCUT2D eigenvalue weighted by atomic mass is 35.5. The molecule has 0 unspecified atom stereocenters. The van der Waals surface area contributed by atoms with Gasteiger partial charge in [-0.3, -0.25) is 4.79 Å². The Morgan fingerprint density at radius 3 is 2.83 bits per heavy atom. The van der Waals surface area contributed by atoms with Crippen LogP contribution in [-0.4, -0.2) is 11.6 Å². The minimum Gasteiger partial charge on any atom is -0.267 e. The van der Waals surface area contributed by atoms with Gasteiger partial charge < -0.3 is 0 Å². The molecule has 0 aliphatic rings. The van der Waals surface area contributed by atoms with Crippen LogP contribution >= 0.6 is 34.3 Å². The van der Waals surface area contributed by atoms with Gasteiger partial charge in [0.2, 0.25) is 0 Å². The Labute approximate surface area is 147 Å². The third-order valence-electron chi connectivity index (χ3n) is 3.36. The van der Waals surface area contributed by atoms with Gasteiger partial charge in [0.05, 0.1) is 20.5 Å². The number of halogens is 1. The minimum absolute atomic E-state index is 0.182. The average Bonchev–Trinajstić information content (AvgIpc) is 3.17. The Hall–Kier alpha value is -1.69. The molecule has 118 valence electrons. The molecule has 2 heterocycles. The van der Waals surface area contributed by atoms with Crippen LogP contribution in [0.1, 0.15) is 35.0 Å². The number of rotatable bonds is 5. The van der Waals surface area contributed by atoms with Crippen molar-refractivity contribution >= 4 is 56.0 Å². The number of hydrazone groups is 1. The van der Waals surface area contributed by atoms with E-state index in [-0.39, 0.29) is 5.91 Å². The van der Waals surface area contributed by atoms with Gasteiger partial charge in [-0.2, -0.15) is 5.10 Å². The zero-order valence-corrected chi connectivity index (χ0v) is 14.9. The lowest BCUT2D eigenvalue weighted by Crippen LogP contribution is -2.19. The molecule has 0 spiro atoms. The van der Waals surface area contributed by atoms with Crippen LogP contribution in [0.2, 0.25) is 4.34 Å². The van der Waals surface area contributed by atoms with Crippen LogP contribution in [0, 0.1) is 0 Å². The maximum Gasteiger partial charge on any atom is 0.272 e. The number of hydrogen-bond acceptors (Lipinski definition) is 4. The van der Waals surface area contributed by atoms with Gasteiger partial charge in [0.1, 0.15) is 0 Å². The van der Waals surface area contributed by atoms with E-state index >= 15 is 0 Å². The maximum atomic E-state index is 12.4. The normalized spacial score (nSPS) is 11.8. The van der Waals surface area contributed by atoms with Crippen molar-refractivity contribution in [2.45, 2.75) is 19.8 Å². The van der Waals surface area contributed by atoms with Gasteiger partial charge in [0.15, 0.2) is 0 Å². The number of amides is 1. The molecule has 0 atom stereocenters. The molecule has 6 heteroatoms. The van der Waals surface area contributed by atoms with E-state index in [2.05, 4.69) is 17.5 Å². The Bertz CT molecular complexity index is 866. The van der Waals surface area contributed by atoms with Crippen LogP contribution in [-0.2, 0) is 0 Å². The Kier molecular flexibility index (Phi) is 5.10. The van der Waals surface area contributed by atoms with Crippen molar-refractivity contribution in [2.75, 3.05) is 0 Å². The van der Waals surface area contributed by atoms with Crippen molar-refractivity contribution in [3.63, 3.8) is 0 Å². The zero-order chi connectivity index (χ0) is 16.2. The average molecular weight is 363 g/mol. The van der Waals surface area contributed by atoms with Crippen molar-refractivity contribution in [1.29, 1.82) is 0 Å². The predicted octanol–water partition coefficient (Wildman–Crippen LogP) is 5.55. The van der Waals surface area contributed by atoms with Crippen molar-refractivity contribution in [2.24, 2.45) is 5.10 Å². The standard InChI is InChI=1S/C17H15ClN2OS2/c1-2-5-13(15-8-9-16(18)23-15)19-20-17(21)12-10-22-14-7-4-3-6-11(12)14/h3-4,6-10H,2,5H2,1H3,(H,20,21). The van der Waals surface area contributed by atoms with Gasteiger partial charge in [-0.15, -0.1) is 22.7 Å². The highest BCUT2D eigenvalue weighted by molar-refractivity contribution is 7.18. The van der Waals surface area contributed by atoms with Crippen LogP contribution < -0.4 is 5.43 Å². The summed E-state index contributed by atoms with van der Waals surface area (Å²) in [5.74, 6) is -0.182. The minimum atomic E-state index is -0.182. The van der Waals surface area contributed by atoms with Crippen molar-refractivity contribution in [3.05, 3.63) is 56.6 Å². The monoisotopic (exact) mass is 362 g/mol. The first-order chi connectivity index (χ1) is 11.2. The molecule has 0 bridgehead atoms. The number of thiophene rings is 2. The molecule has 1 N–H and O–H groups in total. The molecule has 1 amide bonds. The molecule has 0 aliphatic heterocycles. The van der Waals surface area contributed by atoms with E-state index in [1.54, 1.807) is 11.3 Å². The lowest BCUT2D eigenvalue weighted by molar-refractivity contribution is 0.0957. The summed E-state index contributed by atoms with van der Waals surface area (Å²) in [4.78, 5) is 13.4. The first-order valence-electron chi connectivity index (χ1n) is 7.28. The summed E-state index contributed by atoms with van der Waals surface area (Å²) < 4.78 is 1.82. The van der Waals surface area contributed by atoms with Crippen molar-refractivity contribution in [1.82, 2.24) is 5.43 Å². The third kappa shape index (κ3) is 3.63. The summed E-state index contributed by atoms with van der Waals surface area (Å²) in [7, 11) is 0. The second kappa shape index (κ2) is 7.25. The fraction of sp³-hybridized carbons (Fsp3) is 0.176. The summed E-state index contributed by atoms with van der Waals surface area (Å²) in [5, 5.41) is 7.16. The SMILES string of the molecule is CCCC(=NNC(=O)c1csc2ccccc12)c1ccc(Cl)s1. The number of nitrogens with zero attached hydrogens (tertiary/aromatic N) is 1. The van der Waals surface area contributed by atoms with Gasteiger partial charge in [0, 0.05) is 15.5 Å². The van der Waals surface area contributed by atoms with Gasteiger partial charge in [-0.25, -0.2) is 5.43 Å².